The van der Waals surface area contributed by atoms with Gasteiger partial charge < -0.3 is 10.6 Å². The number of hydrogen-bond acceptors (Lipinski definition) is 6. The Hall–Kier alpha value is -3.59. The normalized spacial score (nSPS) is 19.5. The smallest absolute Gasteiger partial charge is 0.278 e. The fourth-order valence-corrected chi connectivity index (χ4v) is 5.59. The van der Waals surface area contributed by atoms with Gasteiger partial charge in [-0.05, 0) is 61.1 Å². The van der Waals surface area contributed by atoms with Crippen molar-refractivity contribution >= 4 is 22.7 Å². The summed E-state index contributed by atoms with van der Waals surface area (Å²) in [5.41, 5.74) is 4.20. The van der Waals surface area contributed by atoms with Crippen LogP contribution in [0.25, 0.3) is 16.9 Å². The summed E-state index contributed by atoms with van der Waals surface area (Å²) in [6.45, 7) is 5.83. The summed E-state index contributed by atoms with van der Waals surface area (Å²) in [5.74, 6) is 0.999. The summed E-state index contributed by atoms with van der Waals surface area (Å²) in [6, 6.07) is 12.1. The number of anilines is 2. The highest BCUT2D eigenvalue weighted by Crippen LogP contribution is 2.48. The fraction of sp³-hybridized carbons (Fsp3) is 0.429. The predicted molar refractivity (Wildman–Crippen MR) is 141 cm³/mol. The number of aromatic nitrogens is 5. The molecule has 1 aliphatic heterocycles. The van der Waals surface area contributed by atoms with E-state index in [2.05, 4.69) is 47.7 Å². The van der Waals surface area contributed by atoms with E-state index < -0.39 is 12.1 Å². The van der Waals surface area contributed by atoms with Gasteiger partial charge in [0.25, 0.3) is 5.56 Å². The average molecular weight is 500 g/mol. The van der Waals surface area contributed by atoms with Gasteiger partial charge in [0.1, 0.15) is 12.1 Å². The molecule has 0 bridgehead atoms. The molecular formula is C28H30FN7O. The lowest BCUT2D eigenvalue weighted by Crippen LogP contribution is -2.38. The van der Waals surface area contributed by atoms with Crippen LogP contribution >= 0.6 is 0 Å². The molecule has 2 saturated carbocycles. The Morgan fingerprint density at radius 1 is 1.16 bits per heavy atom. The maximum absolute atomic E-state index is 13.8. The third-order valence-electron chi connectivity index (χ3n) is 8.09. The van der Waals surface area contributed by atoms with E-state index in [1.807, 2.05) is 18.2 Å². The number of pyridine rings is 1. The Morgan fingerprint density at radius 3 is 2.76 bits per heavy atom. The first-order valence-corrected chi connectivity index (χ1v) is 13.0. The van der Waals surface area contributed by atoms with E-state index in [-0.39, 0.29) is 17.0 Å². The van der Waals surface area contributed by atoms with Crippen LogP contribution < -0.4 is 16.2 Å². The highest BCUT2D eigenvalue weighted by atomic mass is 19.1. The SMILES string of the molecule is CC1(C)CNCc2cc(Nc3ncc4c(=O)n(C5CC5)n(-c5cccc(C6(CF)CC6)n5)c4n3)ccc21. The van der Waals surface area contributed by atoms with Crippen molar-refractivity contribution in [3.63, 3.8) is 0 Å². The molecule has 0 unspecified atom stereocenters. The first-order valence-electron chi connectivity index (χ1n) is 13.0. The van der Waals surface area contributed by atoms with Crippen LogP contribution in [-0.2, 0) is 17.4 Å². The minimum absolute atomic E-state index is 0.0754. The van der Waals surface area contributed by atoms with Gasteiger partial charge >= 0.3 is 0 Å². The summed E-state index contributed by atoms with van der Waals surface area (Å²) in [5, 5.41) is 7.28. The Kier molecular flexibility index (Phi) is 4.86. The van der Waals surface area contributed by atoms with E-state index in [1.165, 1.54) is 11.1 Å². The van der Waals surface area contributed by atoms with Crippen LogP contribution in [0.3, 0.4) is 0 Å². The first-order chi connectivity index (χ1) is 17.9. The largest absolute Gasteiger partial charge is 0.324 e. The van der Waals surface area contributed by atoms with Crippen molar-refractivity contribution in [3.8, 4) is 5.82 Å². The Bertz CT molecular complexity index is 1600. The van der Waals surface area contributed by atoms with Gasteiger partial charge in [-0.2, -0.15) is 4.98 Å². The Morgan fingerprint density at radius 2 is 2.00 bits per heavy atom. The van der Waals surface area contributed by atoms with Crippen molar-refractivity contribution in [2.75, 3.05) is 18.5 Å². The van der Waals surface area contributed by atoms with Crippen LogP contribution in [0.15, 0.2) is 47.4 Å². The molecule has 7 rings (SSSR count). The van der Waals surface area contributed by atoms with E-state index in [9.17, 15) is 9.18 Å². The van der Waals surface area contributed by atoms with Crippen molar-refractivity contribution in [2.24, 2.45) is 0 Å². The van der Waals surface area contributed by atoms with Crippen molar-refractivity contribution in [1.29, 1.82) is 0 Å². The summed E-state index contributed by atoms with van der Waals surface area (Å²) < 4.78 is 17.4. The van der Waals surface area contributed by atoms with Crippen molar-refractivity contribution < 1.29 is 4.39 Å². The number of halogens is 1. The van der Waals surface area contributed by atoms with Crippen LogP contribution in [0.2, 0.25) is 0 Å². The van der Waals surface area contributed by atoms with Crippen LogP contribution in [0.4, 0.5) is 16.0 Å². The molecule has 2 aliphatic carbocycles. The maximum atomic E-state index is 13.8. The molecule has 0 amide bonds. The second-order valence-electron chi connectivity index (χ2n) is 11.4. The van der Waals surface area contributed by atoms with Gasteiger partial charge in [0.2, 0.25) is 5.95 Å². The third-order valence-corrected chi connectivity index (χ3v) is 8.09. The Labute approximate surface area is 213 Å². The molecule has 2 fully saturated rings. The topological polar surface area (TPSA) is 89.7 Å². The van der Waals surface area contributed by atoms with E-state index in [0.29, 0.717) is 22.8 Å². The van der Waals surface area contributed by atoms with Crippen LogP contribution in [0.1, 0.15) is 62.4 Å². The van der Waals surface area contributed by atoms with Gasteiger partial charge in [0.15, 0.2) is 11.5 Å². The summed E-state index contributed by atoms with van der Waals surface area (Å²) in [7, 11) is 0. The molecule has 190 valence electrons. The van der Waals surface area contributed by atoms with E-state index in [4.69, 9.17) is 9.97 Å². The lowest BCUT2D eigenvalue weighted by Gasteiger charge is -2.33. The minimum atomic E-state index is -0.485. The number of alkyl halides is 1. The van der Waals surface area contributed by atoms with Gasteiger partial charge in [-0.25, -0.2) is 19.3 Å². The van der Waals surface area contributed by atoms with Gasteiger partial charge in [0, 0.05) is 35.8 Å². The molecule has 0 radical (unpaired) electrons. The van der Waals surface area contributed by atoms with Gasteiger partial charge in [0.05, 0.1) is 11.7 Å². The molecule has 3 aliphatic rings. The van der Waals surface area contributed by atoms with E-state index in [1.54, 1.807) is 15.6 Å². The highest BCUT2D eigenvalue weighted by Gasteiger charge is 2.46. The summed E-state index contributed by atoms with van der Waals surface area (Å²) in [4.78, 5) is 27.5. The molecule has 1 aromatic carbocycles. The second-order valence-corrected chi connectivity index (χ2v) is 11.4. The number of benzene rings is 1. The zero-order chi connectivity index (χ0) is 25.4. The molecule has 2 N–H and O–H groups in total. The second kappa shape index (κ2) is 7.95. The van der Waals surface area contributed by atoms with E-state index >= 15 is 0 Å². The Balaban J connectivity index is 1.32. The zero-order valence-corrected chi connectivity index (χ0v) is 21.1. The summed E-state index contributed by atoms with van der Waals surface area (Å²) in [6.07, 6.45) is 5.06. The van der Waals surface area contributed by atoms with Gasteiger partial charge in [-0.1, -0.05) is 26.0 Å². The van der Waals surface area contributed by atoms with Crippen molar-refractivity contribution in [2.45, 2.75) is 62.9 Å². The highest BCUT2D eigenvalue weighted by molar-refractivity contribution is 5.77. The van der Waals surface area contributed by atoms with Gasteiger partial charge in [-0.15, -0.1) is 0 Å². The fourth-order valence-electron chi connectivity index (χ4n) is 5.59. The van der Waals surface area contributed by atoms with Crippen LogP contribution in [0.5, 0.6) is 0 Å². The molecule has 0 atom stereocenters. The van der Waals surface area contributed by atoms with Gasteiger partial charge in [-0.3, -0.25) is 9.18 Å². The number of fused-ring (bicyclic) bond motifs is 2. The van der Waals surface area contributed by atoms with Crippen LogP contribution in [-0.4, -0.2) is 37.5 Å². The quantitative estimate of drug-likeness (QED) is 0.408. The molecule has 3 aromatic heterocycles. The summed E-state index contributed by atoms with van der Waals surface area (Å²) >= 11 is 0. The number of nitrogens with zero attached hydrogens (tertiary/aromatic N) is 5. The molecule has 4 heterocycles. The number of rotatable bonds is 6. The zero-order valence-electron chi connectivity index (χ0n) is 21.1. The average Bonchev–Trinajstić information content (AvgIpc) is 3.82. The lowest BCUT2D eigenvalue weighted by atomic mass is 9.79. The maximum Gasteiger partial charge on any atom is 0.278 e. The molecule has 8 nitrogen and oxygen atoms in total. The standard InChI is InChI=1S/C28H30FN7O/c1-27(2)16-30-13-17-12-18(6-9-21(17)27)32-26-31-14-20-24(34-26)36(35(25(20)37)19-7-8-19)23-5-3-4-22(33-23)28(15-29)10-11-28/h3-6,9,12,14,19,30H,7-8,10-11,13,15-16H2,1-2H3,(H,31,32,34). The first kappa shape index (κ1) is 22.6. The molecule has 0 spiro atoms. The predicted octanol–water partition coefficient (Wildman–Crippen LogP) is 4.44. The number of hydrogen-bond donors (Lipinski definition) is 2. The van der Waals surface area contributed by atoms with E-state index in [0.717, 1.165) is 50.2 Å². The monoisotopic (exact) mass is 499 g/mol. The van der Waals surface area contributed by atoms with Crippen molar-refractivity contribution in [1.82, 2.24) is 29.6 Å². The lowest BCUT2D eigenvalue weighted by molar-refractivity contribution is 0.411. The molecule has 37 heavy (non-hydrogen) atoms. The minimum Gasteiger partial charge on any atom is -0.324 e. The molecule has 4 aromatic rings. The molecular weight excluding hydrogens is 469 g/mol. The number of nitrogens with one attached hydrogen (secondary N) is 2. The molecule has 9 heteroatoms. The third kappa shape index (κ3) is 3.67. The molecule has 0 saturated heterocycles. The van der Waals surface area contributed by atoms with Crippen molar-refractivity contribution in [3.05, 3.63) is 69.8 Å². The van der Waals surface area contributed by atoms with Crippen LogP contribution in [0, 0.1) is 0 Å².